The van der Waals surface area contributed by atoms with E-state index in [2.05, 4.69) is 21.4 Å². The first kappa shape index (κ1) is 20.2. The molecule has 3 heterocycles. The fraction of sp³-hybridized carbons (Fsp3) is 0.273. The third-order valence-corrected chi connectivity index (χ3v) is 5.46. The number of nitrogens with zero attached hydrogens (tertiary/aromatic N) is 5. The van der Waals surface area contributed by atoms with Crippen LogP contribution >= 0.6 is 0 Å². The number of fused-ring (bicyclic) bond motifs is 1. The number of aryl methyl sites for hydroxylation is 1. The van der Waals surface area contributed by atoms with E-state index in [1.807, 2.05) is 17.9 Å². The van der Waals surface area contributed by atoms with Gasteiger partial charge in [0.25, 0.3) is 5.69 Å². The van der Waals surface area contributed by atoms with Crippen LogP contribution in [0.5, 0.6) is 0 Å². The summed E-state index contributed by atoms with van der Waals surface area (Å²) >= 11 is 0. The Morgan fingerprint density at radius 2 is 2.03 bits per heavy atom. The Morgan fingerprint density at radius 1 is 1.26 bits per heavy atom. The monoisotopic (exact) mass is 416 g/mol. The van der Waals surface area contributed by atoms with Crippen LogP contribution in [0.2, 0.25) is 0 Å². The van der Waals surface area contributed by atoms with E-state index in [4.69, 9.17) is 0 Å². The van der Waals surface area contributed by atoms with Crippen molar-refractivity contribution >= 4 is 34.1 Å². The molecule has 0 atom stereocenters. The van der Waals surface area contributed by atoms with Gasteiger partial charge in [0, 0.05) is 42.7 Å². The Kier molecular flexibility index (Phi) is 5.45. The number of nitrogens with one attached hydrogen (secondary N) is 1. The van der Waals surface area contributed by atoms with Gasteiger partial charge in [-0.05, 0) is 43.5 Å². The molecule has 1 saturated heterocycles. The van der Waals surface area contributed by atoms with Gasteiger partial charge in [-0.15, -0.1) is 0 Å². The number of amides is 1. The summed E-state index contributed by atoms with van der Waals surface area (Å²) in [6, 6.07) is 11.8. The lowest BCUT2D eigenvalue weighted by Gasteiger charge is -2.32. The highest BCUT2D eigenvalue weighted by atomic mass is 16.6. The molecule has 0 aliphatic carbocycles. The van der Waals surface area contributed by atoms with Gasteiger partial charge in [0.2, 0.25) is 5.91 Å². The number of nitriles is 1. The molecule has 1 aliphatic rings. The van der Waals surface area contributed by atoms with Crippen LogP contribution in [0.15, 0.2) is 42.6 Å². The van der Waals surface area contributed by atoms with Crippen molar-refractivity contribution in [3.63, 3.8) is 0 Å². The van der Waals surface area contributed by atoms with Crippen molar-refractivity contribution < 1.29 is 9.72 Å². The number of rotatable bonds is 4. The van der Waals surface area contributed by atoms with E-state index >= 15 is 0 Å². The Labute approximate surface area is 178 Å². The van der Waals surface area contributed by atoms with Gasteiger partial charge in [-0.1, -0.05) is 6.07 Å². The van der Waals surface area contributed by atoms with Gasteiger partial charge >= 0.3 is 0 Å². The highest BCUT2D eigenvalue weighted by molar-refractivity contribution is 5.92. The number of aromatic nitrogens is 2. The SMILES string of the molecule is Cc1ccc(NC(=O)C2CCN(c3cc(C#N)c4cc([N+](=O)[O-])ccc4n3)CC2)nc1. The minimum absolute atomic E-state index is 0.0486. The third kappa shape index (κ3) is 4.28. The zero-order valence-corrected chi connectivity index (χ0v) is 16.9. The van der Waals surface area contributed by atoms with Crippen LogP contribution in [-0.4, -0.2) is 33.9 Å². The molecular formula is C22H20N6O3. The average molecular weight is 416 g/mol. The summed E-state index contributed by atoms with van der Waals surface area (Å²) in [6.07, 6.45) is 3.02. The van der Waals surface area contributed by atoms with Gasteiger partial charge in [0.05, 0.1) is 22.1 Å². The first-order valence-corrected chi connectivity index (χ1v) is 9.92. The molecular weight excluding hydrogens is 396 g/mol. The lowest BCUT2D eigenvalue weighted by Crippen LogP contribution is -2.38. The summed E-state index contributed by atoms with van der Waals surface area (Å²) < 4.78 is 0. The van der Waals surface area contributed by atoms with Crippen molar-refractivity contribution in [1.29, 1.82) is 5.26 Å². The molecule has 1 N–H and O–H groups in total. The number of hydrogen-bond acceptors (Lipinski definition) is 7. The Balaban J connectivity index is 1.47. The number of pyridine rings is 2. The van der Waals surface area contributed by atoms with Crippen LogP contribution in [-0.2, 0) is 4.79 Å². The maximum Gasteiger partial charge on any atom is 0.270 e. The number of anilines is 2. The minimum Gasteiger partial charge on any atom is -0.357 e. The van der Waals surface area contributed by atoms with Gasteiger partial charge < -0.3 is 10.2 Å². The van der Waals surface area contributed by atoms with E-state index in [0.717, 1.165) is 5.56 Å². The first-order chi connectivity index (χ1) is 14.9. The zero-order valence-electron chi connectivity index (χ0n) is 16.9. The second-order valence-corrected chi connectivity index (χ2v) is 7.57. The second-order valence-electron chi connectivity index (χ2n) is 7.57. The summed E-state index contributed by atoms with van der Waals surface area (Å²) in [5.74, 6) is 1.00. The van der Waals surface area contributed by atoms with Crippen LogP contribution in [0.4, 0.5) is 17.3 Å². The number of piperidine rings is 1. The molecule has 1 fully saturated rings. The number of benzene rings is 1. The smallest absolute Gasteiger partial charge is 0.270 e. The molecule has 1 aliphatic heterocycles. The molecule has 1 amide bonds. The number of nitro benzene ring substituents is 1. The van der Waals surface area contributed by atoms with Gasteiger partial charge in [0.15, 0.2) is 0 Å². The van der Waals surface area contributed by atoms with Crippen molar-refractivity contribution in [2.75, 3.05) is 23.3 Å². The van der Waals surface area contributed by atoms with Gasteiger partial charge in [-0.25, -0.2) is 9.97 Å². The van der Waals surface area contributed by atoms with E-state index < -0.39 is 4.92 Å². The van der Waals surface area contributed by atoms with Crippen molar-refractivity contribution in [2.45, 2.75) is 19.8 Å². The van der Waals surface area contributed by atoms with Crippen molar-refractivity contribution in [3.8, 4) is 6.07 Å². The van der Waals surface area contributed by atoms with Crippen LogP contribution < -0.4 is 10.2 Å². The van der Waals surface area contributed by atoms with Crippen LogP contribution in [0.25, 0.3) is 10.9 Å². The third-order valence-electron chi connectivity index (χ3n) is 5.46. The van der Waals surface area contributed by atoms with Crippen molar-refractivity contribution in [2.24, 2.45) is 5.92 Å². The first-order valence-electron chi connectivity index (χ1n) is 9.92. The largest absolute Gasteiger partial charge is 0.357 e. The number of carbonyl (C=O) groups is 1. The standard InChI is InChI=1S/C22H20N6O3/c1-14-2-5-20(24-13-14)26-22(29)15-6-8-27(9-7-15)21-10-16(12-23)18-11-17(28(30)31)3-4-19(18)25-21/h2-5,10-11,13,15H,6-9H2,1H3,(H,24,26,29). The summed E-state index contributed by atoms with van der Waals surface area (Å²) in [5.41, 5.74) is 1.83. The second kappa shape index (κ2) is 8.36. The van der Waals surface area contributed by atoms with Gasteiger partial charge in [-0.2, -0.15) is 5.26 Å². The molecule has 0 saturated carbocycles. The molecule has 31 heavy (non-hydrogen) atoms. The molecule has 4 rings (SSSR count). The highest BCUT2D eigenvalue weighted by Crippen LogP contribution is 2.29. The molecule has 0 radical (unpaired) electrons. The summed E-state index contributed by atoms with van der Waals surface area (Å²) in [5, 5.41) is 23.9. The predicted octanol–water partition coefficient (Wildman–Crippen LogP) is 3.57. The minimum atomic E-state index is -0.490. The highest BCUT2D eigenvalue weighted by Gasteiger charge is 2.26. The van der Waals surface area contributed by atoms with Gasteiger partial charge in [-0.3, -0.25) is 14.9 Å². The maximum absolute atomic E-state index is 12.6. The lowest BCUT2D eigenvalue weighted by atomic mass is 9.95. The zero-order chi connectivity index (χ0) is 22.0. The molecule has 3 aromatic rings. The van der Waals surface area contributed by atoms with Crippen LogP contribution in [0, 0.1) is 34.3 Å². The molecule has 9 nitrogen and oxygen atoms in total. The number of hydrogen-bond donors (Lipinski definition) is 1. The van der Waals surface area contributed by atoms with Crippen molar-refractivity contribution in [3.05, 3.63) is 63.8 Å². The fourth-order valence-corrected chi connectivity index (χ4v) is 3.71. The molecule has 9 heteroatoms. The molecule has 2 aromatic heterocycles. The van der Waals surface area contributed by atoms with E-state index in [1.165, 1.54) is 12.1 Å². The van der Waals surface area contributed by atoms with E-state index in [1.54, 1.807) is 24.4 Å². The summed E-state index contributed by atoms with van der Waals surface area (Å²) in [7, 11) is 0. The molecule has 0 bridgehead atoms. The molecule has 156 valence electrons. The average Bonchev–Trinajstić information content (AvgIpc) is 2.79. The quantitative estimate of drug-likeness (QED) is 0.509. The van der Waals surface area contributed by atoms with Crippen LogP contribution in [0.3, 0.4) is 0 Å². The number of non-ortho nitro benzene ring substituents is 1. The maximum atomic E-state index is 12.6. The summed E-state index contributed by atoms with van der Waals surface area (Å²) in [4.78, 5) is 34.0. The van der Waals surface area contributed by atoms with Crippen LogP contribution in [0.1, 0.15) is 24.0 Å². The van der Waals surface area contributed by atoms with E-state index in [-0.39, 0.29) is 17.5 Å². The Bertz CT molecular complexity index is 1190. The normalized spacial score (nSPS) is 14.3. The molecule has 1 aromatic carbocycles. The van der Waals surface area contributed by atoms with Gasteiger partial charge in [0.1, 0.15) is 11.6 Å². The lowest BCUT2D eigenvalue weighted by molar-refractivity contribution is -0.384. The topological polar surface area (TPSA) is 125 Å². The Hall–Kier alpha value is -4.06. The number of nitro groups is 1. The summed E-state index contributed by atoms with van der Waals surface area (Å²) in [6.45, 7) is 3.18. The van der Waals surface area contributed by atoms with Crippen molar-refractivity contribution in [1.82, 2.24) is 9.97 Å². The molecule has 0 spiro atoms. The Morgan fingerprint density at radius 3 is 2.68 bits per heavy atom. The molecule has 0 unspecified atom stereocenters. The van der Waals surface area contributed by atoms with E-state index in [0.29, 0.717) is 54.0 Å². The fourth-order valence-electron chi connectivity index (χ4n) is 3.71. The number of carbonyl (C=O) groups excluding carboxylic acids is 1. The van der Waals surface area contributed by atoms with E-state index in [9.17, 15) is 20.2 Å². The predicted molar refractivity (Wildman–Crippen MR) is 116 cm³/mol.